The molecular weight excluding hydrogens is 533 g/mol. The second-order valence-electron chi connectivity index (χ2n) is 10.2. The lowest BCUT2D eigenvalue weighted by molar-refractivity contribution is -0.131. The molecule has 2 heterocycles. The Kier molecular flexibility index (Phi) is 9.38. The van der Waals surface area contributed by atoms with Gasteiger partial charge in [0.25, 0.3) is 5.91 Å². The summed E-state index contributed by atoms with van der Waals surface area (Å²) in [7, 11) is 1.63. The summed E-state index contributed by atoms with van der Waals surface area (Å²) in [6, 6.07) is 26.9. The Balaban J connectivity index is 1.22. The van der Waals surface area contributed by atoms with Crippen molar-refractivity contribution in [2.45, 2.75) is 12.8 Å². The standard InChI is InChI=1S/C33H34FN5O3/c1-42-29-14-10-26(11-15-29)30-16-17-31(36-35-30)37-19-5-20-38(23-22-37)32(40)24-39(21-18-25-6-3-2-4-7-25)33(41)27-8-12-28(34)13-9-27/h2-4,6-17H,5,18-24H2,1H3. The summed E-state index contributed by atoms with van der Waals surface area (Å²) in [6.45, 7) is 2.79. The van der Waals surface area contributed by atoms with E-state index in [0.29, 0.717) is 38.2 Å². The van der Waals surface area contributed by atoms with Crippen LogP contribution in [-0.4, -0.2) is 78.2 Å². The van der Waals surface area contributed by atoms with Crippen molar-refractivity contribution in [3.8, 4) is 17.0 Å². The number of carbonyl (C=O) groups excluding carboxylic acids is 2. The third-order valence-electron chi connectivity index (χ3n) is 7.43. The Morgan fingerprint density at radius 3 is 2.31 bits per heavy atom. The zero-order valence-corrected chi connectivity index (χ0v) is 23.7. The predicted octanol–water partition coefficient (Wildman–Crippen LogP) is 4.72. The van der Waals surface area contributed by atoms with Crippen LogP contribution in [-0.2, 0) is 11.2 Å². The van der Waals surface area contributed by atoms with E-state index in [9.17, 15) is 14.0 Å². The molecule has 1 saturated heterocycles. The molecule has 216 valence electrons. The lowest BCUT2D eigenvalue weighted by Crippen LogP contribution is -2.45. The Labute approximate surface area is 245 Å². The summed E-state index contributed by atoms with van der Waals surface area (Å²) in [6.07, 6.45) is 1.38. The molecule has 3 aromatic carbocycles. The smallest absolute Gasteiger partial charge is 0.254 e. The predicted molar refractivity (Wildman–Crippen MR) is 160 cm³/mol. The highest BCUT2D eigenvalue weighted by Gasteiger charge is 2.25. The quantitative estimate of drug-likeness (QED) is 0.292. The molecule has 8 nitrogen and oxygen atoms in total. The molecule has 0 spiro atoms. The maximum absolute atomic E-state index is 13.5. The van der Waals surface area contributed by atoms with Gasteiger partial charge >= 0.3 is 0 Å². The van der Waals surface area contributed by atoms with Crippen molar-refractivity contribution in [1.29, 1.82) is 0 Å². The number of benzene rings is 3. The highest BCUT2D eigenvalue weighted by atomic mass is 19.1. The second-order valence-corrected chi connectivity index (χ2v) is 10.2. The topological polar surface area (TPSA) is 78.9 Å². The first kappa shape index (κ1) is 28.7. The van der Waals surface area contributed by atoms with Gasteiger partial charge in [-0.2, -0.15) is 0 Å². The van der Waals surface area contributed by atoms with Crippen LogP contribution in [0.3, 0.4) is 0 Å². The van der Waals surface area contributed by atoms with Crippen molar-refractivity contribution in [2.75, 3.05) is 51.3 Å². The number of ether oxygens (including phenoxy) is 1. The van der Waals surface area contributed by atoms with Gasteiger partial charge in [-0.25, -0.2) is 4.39 Å². The fourth-order valence-corrected chi connectivity index (χ4v) is 5.01. The van der Waals surface area contributed by atoms with Crippen LogP contribution < -0.4 is 9.64 Å². The molecule has 0 unspecified atom stereocenters. The van der Waals surface area contributed by atoms with Gasteiger partial charge in [0.15, 0.2) is 5.82 Å². The van der Waals surface area contributed by atoms with E-state index in [1.807, 2.05) is 71.6 Å². The monoisotopic (exact) mass is 567 g/mol. The number of nitrogens with zero attached hydrogens (tertiary/aromatic N) is 5. The first-order valence-electron chi connectivity index (χ1n) is 14.1. The van der Waals surface area contributed by atoms with Crippen molar-refractivity contribution < 1.29 is 18.7 Å². The van der Waals surface area contributed by atoms with Crippen molar-refractivity contribution in [2.24, 2.45) is 0 Å². The van der Waals surface area contributed by atoms with Gasteiger partial charge in [-0.15, -0.1) is 10.2 Å². The number of methoxy groups -OCH3 is 1. The maximum Gasteiger partial charge on any atom is 0.254 e. The fraction of sp³-hybridized carbons (Fsp3) is 0.273. The number of anilines is 1. The molecule has 0 N–H and O–H groups in total. The molecule has 1 aliphatic heterocycles. The number of hydrogen-bond donors (Lipinski definition) is 0. The van der Waals surface area contributed by atoms with E-state index in [2.05, 4.69) is 15.1 Å². The van der Waals surface area contributed by atoms with Crippen LogP contribution in [0, 0.1) is 5.82 Å². The zero-order valence-electron chi connectivity index (χ0n) is 23.7. The normalized spacial score (nSPS) is 13.4. The highest BCUT2D eigenvalue weighted by molar-refractivity contribution is 5.96. The van der Waals surface area contributed by atoms with Crippen LogP contribution in [0.25, 0.3) is 11.3 Å². The molecule has 0 saturated carbocycles. The van der Waals surface area contributed by atoms with E-state index >= 15 is 0 Å². The van der Waals surface area contributed by atoms with Crippen LogP contribution in [0.2, 0.25) is 0 Å². The molecule has 4 aromatic rings. The first-order valence-corrected chi connectivity index (χ1v) is 14.1. The van der Waals surface area contributed by atoms with E-state index in [1.165, 1.54) is 24.3 Å². The minimum atomic E-state index is -0.410. The number of hydrogen-bond acceptors (Lipinski definition) is 6. The van der Waals surface area contributed by atoms with Gasteiger partial charge in [-0.3, -0.25) is 9.59 Å². The van der Waals surface area contributed by atoms with E-state index in [1.54, 1.807) is 12.0 Å². The lowest BCUT2D eigenvalue weighted by atomic mass is 10.1. The molecule has 2 amide bonds. The third-order valence-corrected chi connectivity index (χ3v) is 7.43. The number of aromatic nitrogens is 2. The van der Waals surface area contributed by atoms with Crippen molar-refractivity contribution in [1.82, 2.24) is 20.0 Å². The molecule has 1 aromatic heterocycles. The van der Waals surface area contributed by atoms with Gasteiger partial charge < -0.3 is 19.4 Å². The molecule has 1 fully saturated rings. The number of rotatable bonds is 9. The largest absolute Gasteiger partial charge is 0.497 e. The molecule has 1 aliphatic rings. The highest BCUT2D eigenvalue weighted by Crippen LogP contribution is 2.22. The van der Waals surface area contributed by atoms with Gasteiger partial charge in [-0.1, -0.05) is 30.3 Å². The molecular formula is C33H34FN5O3. The summed E-state index contributed by atoms with van der Waals surface area (Å²) >= 11 is 0. The average Bonchev–Trinajstić information content (AvgIpc) is 3.30. The zero-order chi connectivity index (χ0) is 29.3. The molecule has 0 aliphatic carbocycles. The second kappa shape index (κ2) is 13.7. The molecule has 0 radical (unpaired) electrons. The minimum Gasteiger partial charge on any atom is -0.497 e. The Morgan fingerprint density at radius 2 is 1.62 bits per heavy atom. The van der Waals surface area contributed by atoms with Gasteiger partial charge in [0.05, 0.1) is 12.8 Å². The summed E-state index contributed by atoms with van der Waals surface area (Å²) in [5.41, 5.74) is 3.16. The van der Waals surface area contributed by atoms with Gasteiger partial charge in [0.2, 0.25) is 5.91 Å². The Morgan fingerprint density at radius 1 is 0.857 bits per heavy atom. The summed E-state index contributed by atoms with van der Waals surface area (Å²) in [5.74, 6) is 0.737. The lowest BCUT2D eigenvalue weighted by Gasteiger charge is -2.27. The van der Waals surface area contributed by atoms with Gasteiger partial charge in [0, 0.05) is 43.9 Å². The first-order chi connectivity index (χ1) is 20.5. The number of halogens is 1. The van der Waals surface area contributed by atoms with E-state index in [0.717, 1.165) is 41.4 Å². The molecule has 9 heteroatoms. The fourth-order valence-electron chi connectivity index (χ4n) is 5.01. The molecule has 0 atom stereocenters. The van der Waals surface area contributed by atoms with Crippen molar-refractivity contribution >= 4 is 17.6 Å². The molecule has 5 rings (SSSR count). The van der Waals surface area contributed by atoms with E-state index in [4.69, 9.17) is 4.74 Å². The van der Waals surface area contributed by atoms with Crippen molar-refractivity contribution in [3.63, 3.8) is 0 Å². The average molecular weight is 568 g/mol. The summed E-state index contributed by atoms with van der Waals surface area (Å²) in [4.78, 5) is 32.3. The van der Waals surface area contributed by atoms with Crippen LogP contribution in [0.1, 0.15) is 22.3 Å². The van der Waals surface area contributed by atoms with Gasteiger partial charge in [-0.05, 0) is 79.1 Å². The summed E-state index contributed by atoms with van der Waals surface area (Å²) in [5, 5.41) is 8.88. The number of amides is 2. The Hall–Kier alpha value is -4.79. The van der Waals surface area contributed by atoms with E-state index < -0.39 is 5.82 Å². The van der Waals surface area contributed by atoms with Crippen molar-refractivity contribution in [3.05, 3.63) is 108 Å². The van der Waals surface area contributed by atoms with E-state index in [-0.39, 0.29) is 18.4 Å². The SMILES string of the molecule is COc1ccc(-c2ccc(N3CCCN(C(=O)CN(CCc4ccccc4)C(=O)c4ccc(F)cc4)CC3)nn2)cc1. The summed E-state index contributed by atoms with van der Waals surface area (Å²) < 4.78 is 18.7. The third kappa shape index (κ3) is 7.28. The minimum absolute atomic E-state index is 0.0423. The molecule has 0 bridgehead atoms. The Bertz CT molecular complexity index is 1460. The van der Waals surface area contributed by atoms with Crippen LogP contribution in [0.4, 0.5) is 10.2 Å². The maximum atomic E-state index is 13.5. The molecule has 42 heavy (non-hydrogen) atoms. The van der Waals surface area contributed by atoms with Crippen LogP contribution >= 0.6 is 0 Å². The van der Waals surface area contributed by atoms with Crippen LogP contribution in [0.5, 0.6) is 5.75 Å². The van der Waals surface area contributed by atoms with Gasteiger partial charge in [0.1, 0.15) is 18.1 Å². The number of carbonyl (C=O) groups is 2. The van der Waals surface area contributed by atoms with Crippen LogP contribution in [0.15, 0.2) is 91.0 Å².